The highest BCUT2D eigenvalue weighted by molar-refractivity contribution is 6.31. The van der Waals surface area contributed by atoms with Crippen LogP contribution in [0.3, 0.4) is 0 Å². The maximum Gasteiger partial charge on any atom is 0.135 e. The first-order chi connectivity index (χ1) is 17.3. The lowest BCUT2D eigenvalue weighted by molar-refractivity contribution is 0.415. The second kappa shape index (κ2) is 11.1. The first-order valence-electron chi connectivity index (χ1n) is 12.2. The maximum absolute atomic E-state index is 6.59. The molecule has 3 nitrogen and oxygen atoms in total. The van der Waals surface area contributed by atoms with Gasteiger partial charge in [-0.15, -0.1) is 0 Å². The Morgan fingerprint density at radius 2 is 1.19 bits per heavy atom. The fourth-order valence-corrected chi connectivity index (χ4v) is 4.45. The molecule has 0 radical (unpaired) electrons. The Bertz CT molecular complexity index is 1360. The molecule has 0 amide bonds. The standard InChI is InChI=1S/C32H33ClO3/c1-20(2)22-10-12-31(35-6)30(18-22)25-14-26(33)19-28(16-25)36-32-13-11-23(21(3)4)17-29(32)24-8-7-9-27(15-24)34-5/h7-21H,1-6H3. The lowest BCUT2D eigenvalue weighted by atomic mass is 9.96. The fraction of sp³-hybridized carbons (Fsp3) is 0.250. The second-order valence-electron chi connectivity index (χ2n) is 9.53. The summed E-state index contributed by atoms with van der Waals surface area (Å²) in [5.41, 5.74) is 6.43. The van der Waals surface area contributed by atoms with Gasteiger partial charge >= 0.3 is 0 Å². The molecule has 36 heavy (non-hydrogen) atoms. The molecule has 0 aromatic heterocycles. The molecule has 0 fully saturated rings. The second-order valence-corrected chi connectivity index (χ2v) is 9.97. The van der Waals surface area contributed by atoms with Crippen LogP contribution in [-0.4, -0.2) is 14.2 Å². The molecule has 0 aliphatic carbocycles. The van der Waals surface area contributed by atoms with Crippen molar-refractivity contribution in [3.63, 3.8) is 0 Å². The van der Waals surface area contributed by atoms with Crippen molar-refractivity contribution in [2.75, 3.05) is 14.2 Å². The minimum atomic E-state index is 0.391. The summed E-state index contributed by atoms with van der Waals surface area (Å²) in [7, 11) is 3.36. The van der Waals surface area contributed by atoms with Gasteiger partial charge in [0.25, 0.3) is 0 Å². The van der Waals surface area contributed by atoms with Gasteiger partial charge in [0.05, 0.1) is 14.2 Å². The molecule has 186 valence electrons. The van der Waals surface area contributed by atoms with Gasteiger partial charge in [0.15, 0.2) is 0 Å². The van der Waals surface area contributed by atoms with Crippen LogP contribution in [-0.2, 0) is 0 Å². The van der Waals surface area contributed by atoms with Gasteiger partial charge in [0.1, 0.15) is 23.0 Å². The molecule has 4 aromatic carbocycles. The van der Waals surface area contributed by atoms with E-state index in [4.69, 9.17) is 25.8 Å². The minimum absolute atomic E-state index is 0.391. The summed E-state index contributed by atoms with van der Waals surface area (Å²) in [6.07, 6.45) is 0. The lowest BCUT2D eigenvalue weighted by Gasteiger charge is -2.17. The fourth-order valence-electron chi connectivity index (χ4n) is 4.23. The van der Waals surface area contributed by atoms with Gasteiger partial charge in [-0.05, 0) is 88.7 Å². The smallest absolute Gasteiger partial charge is 0.135 e. The Labute approximate surface area is 219 Å². The van der Waals surface area contributed by atoms with Gasteiger partial charge in [-0.1, -0.05) is 63.6 Å². The Kier molecular flexibility index (Phi) is 7.91. The third-order valence-electron chi connectivity index (χ3n) is 6.35. The average Bonchev–Trinajstić information content (AvgIpc) is 2.88. The van der Waals surface area contributed by atoms with Crippen molar-refractivity contribution in [2.24, 2.45) is 0 Å². The molecular formula is C32H33ClO3. The third-order valence-corrected chi connectivity index (χ3v) is 6.57. The van der Waals surface area contributed by atoms with Crippen molar-refractivity contribution in [3.05, 3.63) is 95.0 Å². The first kappa shape index (κ1) is 25.7. The molecule has 0 N–H and O–H groups in total. The average molecular weight is 501 g/mol. The van der Waals surface area contributed by atoms with E-state index in [2.05, 4.69) is 58.0 Å². The zero-order chi connectivity index (χ0) is 25.8. The molecule has 0 heterocycles. The molecule has 0 spiro atoms. The summed E-state index contributed by atoms with van der Waals surface area (Å²) in [5.74, 6) is 3.80. The maximum atomic E-state index is 6.59. The quantitative estimate of drug-likeness (QED) is 0.241. The predicted octanol–water partition coefficient (Wildman–Crippen LogP) is 9.73. The molecular weight excluding hydrogens is 468 g/mol. The van der Waals surface area contributed by atoms with Crippen molar-refractivity contribution in [1.29, 1.82) is 0 Å². The van der Waals surface area contributed by atoms with E-state index in [1.165, 1.54) is 11.1 Å². The highest BCUT2D eigenvalue weighted by Gasteiger charge is 2.15. The monoisotopic (exact) mass is 500 g/mol. The van der Waals surface area contributed by atoms with Crippen molar-refractivity contribution < 1.29 is 14.2 Å². The van der Waals surface area contributed by atoms with Gasteiger partial charge < -0.3 is 14.2 Å². The number of rotatable bonds is 8. The van der Waals surface area contributed by atoms with E-state index < -0.39 is 0 Å². The van der Waals surface area contributed by atoms with E-state index in [9.17, 15) is 0 Å². The molecule has 4 rings (SSSR count). The van der Waals surface area contributed by atoms with Crippen LogP contribution in [0.15, 0.2) is 78.9 Å². The molecule has 0 bridgehead atoms. The molecule has 0 saturated carbocycles. The first-order valence-corrected chi connectivity index (χ1v) is 12.6. The predicted molar refractivity (Wildman–Crippen MR) is 150 cm³/mol. The zero-order valence-electron chi connectivity index (χ0n) is 21.8. The largest absolute Gasteiger partial charge is 0.497 e. The summed E-state index contributed by atoms with van der Waals surface area (Å²) in [5, 5.41) is 0.598. The lowest BCUT2D eigenvalue weighted by Crippen LogP contribution is -1.95. The Hall–Kier alpha value is -3.43. The van der Waals surface area contributed by atoms with Crippen LogP contribution < -0.4 is 14.2 Å². The van der Waals surface area contributed by atoms with Crippen molar-refractivity contribution in [3.8, 4) is 45.3 Å². The zero-order valence-corrected chi connectivity index (χ0v) is 22.5. The molecule has 4 aromatic rings. The number of methoxy groups -OCH3 is 2. The SMILES string of the molecule is COc1cccc(-c2cc(C(C)C)ccc2Oc2cc(Cl)cc(-c3cc(C(C)C)ccc3OC)c2)c1. The van der Waals surface area contributed by atoms with E-state index >= 15 is 0 Å². The van der Waals surface area contributed by atoms with Crippen molar-refractivity contribution in [1.82, 2.24) is 0 Å². The van der Waals surface area contributed by atoms with Gasteiger partial charge in [-0.3, -0.25) is 0 Å². The molecule has 0 aliphatic heterocycles. The minimum Gasteiger partial charge on any atom is -0.497 e. The number of benzene rings is 4. The van der Waals surface area contributed by atoms with Crippen LogP contribution in [0.5, 0.6) is 23.0 Å². The normalized spacial score (nSPS) is 11.1. The molecule has 4 heteroatoms. The highest BCUT2D eigenvalue weighted by atomic mass is 35.5. The number of hydrogen-bond acceptors (Lipinski definition) is 3. The van der Waals surface area contributed by atoms with Crippen LogP contribution in [0.2, 0.25) is 5.02 Å². The Balaban J connectivity index is 1.80. The molecule has 0 aliphatic rings. The number of ether oxygens (including phenoxy) is 3. The third kappa shape index (κ3) is 5.68. The Morgan fingerprint density at radius 1 is 0.583 bits per heavy atom. The van der Waals surface area contributed by atoms with E-state index in [-0.39, 0.29) is 0 Å². The topological polar surface area (TPSA) is 27.7 Å². The molecule has 0 saturated heterocycles. The molecule has 0 unspecified atom stereocenters. The van der Waals surface area contributed by atoms with Crippen LogP contribution in [0.4, 0.5) is 0 Å². The summed E-state index contributed by atoms with van der Waals surface area (Å²) < 4.78 is 17.6. The van der Waals surface area contributed by atoms with E-state index in [1.807, 2.05) is 48.5 Å². The van der Waals surface area contributed by atoms with Gasteiger partial charge in [-0.25, -0.2) is 0 Å². The van der Waals surface area contributed by atoms with Crippen LogP contribution >= 0.6 is 11.6 Å². The van der Waals surface area contributed by atoms with Crippen molar-refractivity contribution >= 4 is 11.6 Å². The highest BCUT2D eigenvalue weighted by Crippen LogP contribution is 2.40. The summed E-state index contributed by atoms with van der Waals surface area (Å²) in [6.45, 7) is 8.73. The molecule has 0 atom stereocenters. The van der Waals surface area contributed by atoms with Gasteiger partial charge in [0, 0.05) is 16.1 Å². The number of halogens is 1. The van der Waals surface area contributed by atoms with Crippen LogP contribution in [0, 0.1) is 0 Å². The van der Waals surface area contributed by atoms with Crippen molar-refractivity contribution in [2.45, 2.75) is 39.5 Å². The van der Waals surface area contributed by atoms with Crippen LogP contribution in [0.25, 0.3) is 22.3 Å². The summed E-state index contributed by atoms with van der Waals surface area (Å²) in [6, 6.07) is 26.4. The number of hydrogen-bond donors (Lipinski definition) is 0. The van der Waals surface area contributed by atoms with E-state index in [0.717, 1.165) is 39.5 Å². The van der Waals surface area contributed by atoms with Crippen LogP contribution in [0.1, 0.15) is 50.7 Å². The Morgan fingerprint density at radius 3 is 1.81 bits per heavy atom. The summed E-state index contributed by atoms with van der Waals surface area (Å²) >= 11 is 6.59. The van der Waals surface area contributed by atoms with E-state index in [1.54, 1.807) is 14.2 Å². The van der Waals surface area contributed by atoms with Gasteiger partial charge in [-0.2, -0.15) is 0 Å². The summed E-state index contributed by atoms with van der Waals surface area (Å²) in [4.78, 5) is 0. The van der Waals surface area contributed by atoms with Gasteiger partial charge in [0.2, 0.25) is 0 Å². The van der Waals surface area contributed by atoms with E-state index in [0.29, 0.717) is 22.6 Å².